The Kier molecular flexibility index (Phi) is 3.52. The number of hydrogen-bond acceptors (Lipinski definition) is 4. The lowest BCUT2D eigenvalue weighted by molar-refractivity contribution is 0.0699. The van der Waals surface area contributed by atoms with Crippen LogP contribution in [-0.2, 0) is 0 Å². The maximum absolute atomic E-state index is 11.2. The Balaban J connectivity index is 2.54. The number of fused-ring (bicyclic) bond motifs is 1. The maximum Gasteiger partial charge on any atom is 0.336 e. The normalized spacial score (nSPS) is 10.9. The first kappa shape index (κ1) is 12.0. The van der Waals surface area contributed by atoms with Crippen LogP contribution >= 0.6 is 0 Å². The molecule has 0 unspecified atom stereocenters. The van der Waals surface area contributed by atoms with E-state index in [9.17, 15) is 9.90 Å². The van der Waals surface area contributed by atoms with Crippen LogP contribution in [0.1, 0.15) is 23.0 Å². The number of carboxylic acids is 1. The molecule has 0 saturated carbocycles. The van der Waals surface area contributed by atoms with Gasteiger partial charge in [0.2, 0.25) is 0 Å². The summed E-state index contributed by atoms with van der Waals surface area (Å²) in [6.45, 7) is 2.63. The van der Waals surface area contributed by atoms with Gasteiger partial charge in [-0.15, -0.1) is 0 Å². The van der Waals surface area contributed by atoms with Crippen LogP contribution in [-0.4, -0.2) is 28.8 Å². The number of hydrogen-bond donors (Lipinski definition) is 2. The van der Waals surface area contributed by atoms with Gasteiger partial charge in [-0.2, -0.15) is 5.10 Å². The zero-order chi connectivity index (χ0) is 13.0. The first-order chi connectivity index (χ1) is 8.72. The van der Waals surface area contributed by atoms with E-state index in [1.165, 1.54) is 12.3 Å². The largest absolute Gasteiger partial charge is 0.478 e. The highest BCUT2D eigenvalue weighted by atomic mass is 16.4. The molecule has 1 aromatic carbocycles. The molecular formula is C13H13N3O2. The molecule has 2 aromatic rings. The van der Waals surface area contributed by atoms with E-state index in [0.29, 0.717) is 23.1 Å². The third-order valence-corrected chi connectivity index (χ3v) is 2.41. The standard InChI is InChI=1S/C13H13N3O2/c1-2-14-15-8-9-7-11(13(17)18)10-5-3-4-6-12(10)16-9/h3-8,14H,2H2,1H3,(H,17,18)/b15-8-. The molecule has 1 aromatic heterocycles. The summed E-state index contributed by atoms with van der Waals surface area (Å²) < 4.78 is 0. The van der Waals surface area contributed by atoms with Crippen molar-refractivity contribution in [3.63, 3.8) is 0 Å². The van der Waals surface area contributed by atoms with E-state index in [1.54, 1.807) is 18.2 Å². The summed E-state index contributed by atoms with van der Waals surface area (Å²) >= 11 is 0. The molecule has 0 aliphatic heterocycles. The molecule has 2 N–H and O–H groups in total. The van der Waals surface area contributed by atoms with E-state index in [4.69, 9.17) is 0 Å². The average molecular weight is 243 g/mol. The molecule has 0 aliphatic carbocycles. The number of rotatable bonds is 4. The van der Waals surface area contributed by atoms with Gasteiger partial charge in [0.25, 0.3) is 0 Å². The number of para-hydroxylation sites is 1. The van der Waals surface area contributed by atoms with Gasteiger partial charge in [0.15, 0.2) is 0 Å². The number of benzene rings is 1. The number of nitrogens with zero attached hydrogens (tertiary/aromatic N) is 2. The Bertz CT molecular complexity index is 608. The number of aromatic carboxylic acids is 1. The molecule has 5 heteroatoms. The van der Waals surface area contributed by atoms with Crippen molar-refractivity contribution < 1.29 is 9.90 Å². The molecule has 0 atom stereocenters. The third-order valence-electron chi connectivity index (χ3n) is 2.41. The van der Waals surface area contributed by atoms with Crippen molar-refractivity contribution in [2.75, 3.05) is 6.54 Å². The second-order valence-electron chi connectivity index (χ2n) is 3.69. The summed E-state index contributed by atoms with van der Waals surface area (Å²) in [5.74, 6) is -0.966. The van der Waals surface area contributed by atoms with Gasteiger partial charge in [0, 0.05) is 11.9 Å². The van der Waals surface area contributed by atoms with E-state index >= 15 is 0 Å². The Morgan fingerprint density at radius 1 is 1.50 bits per heavy atom. The number of pyridine rings is 1. The van der Waals surface area contributed by atoms with E-state index < -0.39 is 5.97 Å². The first-order valence-electron chi connectivity index (χ1n) is 5.61. The molecule has 0 bridgehead atoms. The summed E-state index contributed by atoms with van der Waals surface area (Å²) in [4.78, 5) is 15.5. The van der Waals surface area contributed by atoms with Gasteiger partial charge in [0.1, 0.15) is 0 Å². The van der Waals surface area contributed by atoms with Gasteiger partial charge in [0.05, 0.1) is 23.0 Å². The molecule has 0 saturated heterocycles. The second kappa shape index (κ2) is 5.27. The molecule has 0 spiro atoms. The zero-order valence-electron chi connectivity index (χ0n) is 9.92. The van der Waals surface area contributed by atoms with Crippen LogP contribution in [0.25, 0.3) is 10.9 Å². The summed E-state index contributed by atoms with van der Waals surface area (Å²) in [6.07, 6.45) is 1.52. The molecule has 1 heterocycles. The van der Waals surface area contributed by atoms with Gasteiger partial charge in [-0.05, 0) is 19.1 Å². The molecule has 0 fully saturated rings. The summed E-state index contributed by atoms with van der Waals surface area (Å²) in [5, 5.41) is 13.8. The Hall–Kier alpha value is -2.43. The lowest BCUT2D eigenvalue weighted by Crippen LogP contribution is -2.05. The summed E-state index contributed by atoms with van der Waals surface area (Å²) in [6, 6.07) is 8.67. The van der Waals surface area contributed by atoms with Crippen molar-refractivity contribution in [2.24, 2.45) is 5.10 Å². The fraction of sp³-hybridized carbons (Fsp3) is 0.154. The van der Waals surface area contributed by atoms with Gasteiger partial charge < -0.3 is 10.5 Å². The van der Waals surface area contributed by atoms with E-state index in [0.717, 1.165) is 0 Å². The minimum absolute atomic E-state index is 0.235. The van der Waals surface area contributed by atoms with Crippen LogP contribution in [0.5, 0.6) is 0 Å². The third kappa shape index (κ3) is 2.45. The topological polar surface area (TPSA) is 74.6 Å². The highest BCUT2D eigenvalue weighted by molar-refractivity contribution is 6.04. The quantitative estimate of drug-likeness (QED) is 0.635. The molecule has 0 radical (unpaired) electrons. The second-order valence-corrected chi connectivity index (χ2v) is 3.69. The SMILES string of the molecule is CCN/N=C\c1cc(C(=O)O)c2ccccc2n1. The molecule has 18 heavy (non-hydrogen) atoms. The van der Waals surface area contributed by atoms with Crippen LogP contribution < -0.4 is 5.43 Å². The Morgan fingerprint density at radius 2 is 2.28 bits per heavy atom. The predicted octanol–water partition coefficient (Wildman–Crippen LogP) is 1.88. The van der Waals surface area contributed by atoms with Crippen LogP contribution in [0.3, 0.4) is 0 Å². The van der Waals surface area contributed by atoms with E-state index in [-0.39, 0.29) is 5.56 Å². The molecular weight excluding hydrogens is 230 g/mol. The zero-order valence-corrected chi connectivity index (χ0v) is 9.92. The minimum atomic E-state index is -0.966. The highest BCUT2D eigenvalue weighted by Crippen LogP contribution is 2.17. The first-order valence-corrected chi connectivity index (χ1v) is 5.61. The fourth-order valence-electron chi connectivity index (χ4n) is 1.64. The molecule has 5 nitrogen and oxygen atoms in total. The lowest BCUT2D eigenvalue weighted by atomic mass is 10.1. The maximum atomic E-state index is 11.2. The van der Waals surface area contributed by atoms with Crippen LogP contribution in [0.4, 0.5) is 0 Å². The number of hydrazone groups is 1. The lowest BCUT2D eigenvalue weighted by Gasteiger charge is -2.03. The molecule has 0 amide bonds. The van der Waals surface area contributed by atoms with Crippen molar-refractivity contribution in [1.29, 1.82) is 0 Å². The van der Waals surface area contributed by atoms with Crippen molar-refractivity contribution in [1.82, 2.24) is 10.4 Å². The van der Waals surface area contributed by atoms with Crippen molar-refractivity contribution in [2.45, 2.75) is 6.92 Å². The number of aromatic nitrogens is 1. The minimum Gasteiger partial charge on any atom is -0.478 e. The van der Waals surface area contributed by atoms with Crippen molar-refractivity contribution >= 4 is 23.1 Å². The number of nitrogens with one attached hydrogen (secondary N) is 1. The van der Waals surface area contributed by atoms with Crippen LogP contribution in [0, 0.1) is 0 Å². The molecule has 2 rings (SSSR count). The molecule has 0 aliphatic rings. The smallest absolute Gasteiger partial charge is 0.336 e. The van der Waals surface area contributed by atoms with Crippen LogP contribution in [0.15, 0.2) is 35.4 Å². The molecule has 92 valence electrons. The Morgan fingerprint density at radius 3 is 3.00 bits per heavy atom. The van der Waals surface area contributed by atoms with Gasteiger partial charge in [-0.3, -0.25) is 0 Å². The fourth-order valence-corrected chi connectivity index (χ4v) is 1.64. The van der Waals surface area contributed by atoms with Gasteiger partial charge in [-0.25, -0.2) is 9.78 Å². The highest BCUT2D eigenvalue weighted by Gasteiger charge is 2.10. The Labute approximate surface area is 104 Å². The monoisotopic (exact) mass is 243 g/mol. The van der Waals surface area contributed by atoms with E-state index in [2.05, 4.69) is 15.5 Å². The summed E-state index contributed by atoms with van der Waals surface area (Å²) in [7, 11) is 0. The van der Waals surface area contributed by atoms with Crippen molar-refractivity contribution in [3.05, 3.63) is 41.6 Å². The van der Waals surface area contributed by atoms with Gasteiger partial charge >= 0.3 is 5.97 Å². The summed E-state index contributed by atoms with van der Waals surface area (Å²) in [5.41, 5.74) is 4.18. The van der Waals surface area contributed by atoms with Crippen molar-refractivity contribution in [3.8, 4) is 0 Å². The predicted molar refractivity (Wildman–Crippen MR) is 70.0 cm³/mol. The van der Waals surface area contributed by atoms with E-state index in [1.807, 2.05) is 13.0 Å². The number of carboxylic acid groups (broad SMARTS) is 1. The van der Waals surface area contributed by atoms with Crippen LogP contribution in [0.2, 0.25) is 0 Å². The van der Waals surface area contributed by atoms with Gasteiger partial charge in [-0.1, -0.05) is 18.2 Å². The number of carbonyl (C=O) groups is 1. The average Bonchev–Trinajstić information content (AvgIpc) is 2.38.